The SMILES string of the molecule is O[C@@H](CCOc1c(Cl)c(Cl)cc2[nH]ccc12)N1CCC(c2cnc3ccccc3n2)CC1. The van der Waals surface area contributed by atoms with Crippen molar-refractivity contribution in [2.45, 2.75) is 31.4 Å². The minimum atomic E-state index is -0.571. The molecule has 6 nitrogen and oxygen atoms in total. The van der Waals surface area contributed by atoms with Crippen LogP contribution in [0.25, 0.3) is 21.9 Å². The van der Waals surface area contributed by atoms with Gasteiger partial charge in [-0.15, -0.1) is 0 Å². The summed E-state index contributed by atoms with van der Waals surface area (Å²) in [5.41, 5.74) is 3.75. The molecule has 4 aromatic rings. The summed E-state index contributed by atoms with van der Waals surface area (Å²) in [4.78, 5) is 14.6. The molecule has 1 atom stereocenters. The largest absolute Gasteiger partial charge is 0.491 e. The van der Waals surface area contributed by atoms with Gasteiger partial charge in [0, 0.05) is 43.2 Å². The average molecular weight is 471 g/mol. The predicted octanol–water partition coefficient (Wildman–Crippen LogP) is 5.38. The maximum Gasteiger partial charge on any atom is 0.148 e. The lowest BCUT2D eigenvalue weighted by molar-refractivity contribution is -0.0236. The third-order valence-corrected chi connectivity index (χ3v) is 6.93. The molecule has 1 aliphatic rings. The van der Waals surface area contributed by atoms with Gasteiger partial charge < -0.3 is 14.8 Å². The third-order valence-electron chi connectivity index (χ3n) is 6.16. The number of likely N-dealkylation sites (tertiary alicyclic amines) is 1. The molecule has 1 aliphatic heterocycles. The molecule has 0 bridgehead atoms. The molecule has 166 valence electrons. The molecule has 2 aromatic heterocycles. The lowest BCUT2D eigenvalue weighted by Gasteiger charge is -2.34. The van der Waals surface area contributed by atoms with Crippen LogP contribution < -0.4 is 4.74 Å². The zero-order valence-electron chi connectivity index (χ0n) is 17.5. The number of halogens is 2. The minimum absolute atomic E-state index is 0.345. The van der Waals surface area contributed by atoms with E-state index in [0.29, 0.717) is 34.7 Å². The third kappa shape index (κ3) is 4.28. The number of H-pyrrole nitrogens is 1. The topological polar surface area (TPSA) is 74.3 Å². The van der Waals surface area contributed by atoms with E-state index in [1.807, 2.05) is 42.7 Å². The highest BCUT2D eigenvalue weighted by molar-refractivity contribution is 6.44. The molecule has 1 fully saturated rings. The molecule has 0 radical (unpaired) electrons. The van der Waals surface area contributed by atoms with Gasteiger partial charge in [0.25, 0.3) is 0 Å². The van der Waals surface area contributed by atoms with Gasteiger partial charge >= 0.3 is 0 Å². The number of nitrogens with zero attached hydrogens (tertiary/aromatic N) is 3. The number of aliphatic hydroxyl groups excluding tert-OH is 1. The fourth-order valence-corrected chi connectivity index (χ4v) is 4.77. The summed E-state index contributed by atoms with van der Waals surface area (Å²) in [6, 6.07) is 11.6. The Kier molecular flexibility index (Phi) is 6.20. The van der Waals surface area contributed by atoms with Crippen LogP contribution in [0.15, 0.2) is 48.8 Å². The van der Waals surface area contributed by atoms with E-state index < -0.39 is 6.23 Å². The molecule has 8 heteroatoms. The van der Waals surface area contributed by atoms with Crippen molar-refractivity contribution in [3.05, 3.63) is 64.5 Å². The monoisotopic (exact) mass is 470 g/mol. The molecule has 5 rings (SSSR count). The normalized spacial score (nSPS) is 16.6. The smallest absolute Gasteiger partial charge is 0.148 e. The van der Waals surface area contributed by atoms with E-state index in [1.165, 1.54) is 0 Å². The van der Waals surface area contributed by atoms with Crippen LogP contribution in [0.1, 0.15) is 30.9 Å². The molecule has 0 aliphatic carbocycles. The second kappa shape index (κ2) is 9.24. The molecule has 2 N–H and O–H groups in total. The number of fused-ring (bicyclic) bond motifs is 2. The second-order valence-electron chi connectivity index (χ2n) is 8.15. The molecular weight excluding hydrogens is 447 g/mol. The number of piperidine rings is 1. The van der Waals surface area contributed by atoms with E-state index in [4.69, 9.17) is 32.9 Å². The van der Waals surface area contributed by atoms with Crippen molar-refractivity contribution in [2.24, 2.45) is 0 Å². The number of aromatic nitrogens is 3. The fraction of sp³-hybridized carbons (Fsp3) is 0.333. The number of hydrogen-bond donors (Lipinski definition) is 2. The van der Waals surface area contributed by atoms with Crippen molar-refractivity contribution in [1.29, 1.82) is 0 Å². The van der Waals surface area contributed by atoms with Crippen LogP contribution in [0.2, 0.25) is 10.0 Å². The first-order valence-corrected chi connectivity index (χ1v) is 11.6. The summed E-state index contributed by atoms with van der Waals surface area (Å²) >= 11 is 12.6. The van der Waals surface area contributed by atoms with Crippen LogP contribution in [-0.2, 0) is 0 Å². The van der Waals surface area contributed by atoms with Crippen molar-refractivity contribution in [2.75, 3.05) is 19.7 Å². The average Bonchev–Trinajstić information content (AvgIpc) is 3.29. The van der Waals surface area contributed by atoms with Crippen molar-refractivity contribution in [3.8, 4) is 5.75 Å². The summed E-state index contributed by atoms with van der Waals surface area (Å²) < 4.78 is 5.94. The van der Waals surface area contributed by atoms with Gasteiger partial charge in [-0.25, -0.2) is 4.98 Å². The Bertz CT molecular complexity index is 1240. The summed E-state index contributed by atoms with van der Waals surface area (Å²) in [5, 5.41) is 12.4. The first-order valence-electron chi connectivity index (χ1n) is 10.8. The molecule has 0 unspecified atom stereocenters. The second-order valence-corrected chi connectivity index (χ2v) is 8.94. The van der Waals surface area contributed by atoms with Gasteiger partial charge in [-0.2, -0.15) is 0 Å². The van der Waals surface area contributed by atoms with E-state index in [-0.39, 0.29) is 0 Å². The fourth-order valence-electron chi connectivity index (χ4n) is 4.37. The molecule has 0 amide bonds. The van der Waals surface area contributed by atoms with Gasteiger partial charge in [-0.1, -0.05) is 35.3 Å². The van der Waals surface area contributed by atoms with E-state index in [2.05, 4.69) is 14.9 Å². The van der Waals surface area contributed by atoms with Gasteiger partial charge in [0.1, 0.15) is 17.0 Å². The number of nitrogens with one attached hydrogen (secondary N) is 1. The zero-order chi connectivity index (χ0) is 22.1. The van der Waals surface area contributed by atoms with E-state index in [1.54, 1.807) is 6.07 Å². The molecule has 2 aromatic carbocycles. The number of benzene rings is 2. The van der Waals surface area contributed by atoms with Gasteiger partial charge in [-0.05, 0) is 37.1 Å². The predicted molar refractivity (Wildman–Crippen MR) is 128 cm³/mol. The maximum atomic E-state index is 10.7. The van der Waals surface area contributed by atoms with Crippen LogP contribution in [0.4, 0.5) is 0 Å². The Morgan fingerprint density at radius 1 is 1.16 bits per heavy atom. The van der Waals surface area contributed by atoms with E-state index >= 15 is 0 Å². The Morgan fingerprint density at radius 3 is 2.75 bits per heavy atom. The van der Waals surface area contributed by atoms with Crippen LogP contribution >= 0.6 is 23.2 Å². The first-order chi connectivity index (χ1) is 15.6. The Morgan fingerprint density at radius 2 is 1.94 bits per heavy atom. The molecule has 0 saturated carbocycles. The Hall–Kier alpha value is -2.38. The highest BCUT2D eigenvalue weighted by Crippen LogP contribution is 2.39. The number of rotatable bonds is 6. The van der Waals surface area contributed by atoms with Crippen molar-refractivity contribution in [1.82, 2.24) is 19.9 Å². The molecule has 32 heavy (non-hydrogen) atoms. The van der Waals surface area contributed by atoms with Crippen LogP contribution in [0.5, 0.6) is 5.75 Å². The van der Waals surface area contributed by atoms with Gasteiger partial charge in [-0.3, -0.25) is 9.88 Å². The summed E-state index contributed by atoms with van der Waals surface area (Å²) in [6.45, 7) is 1.96. The van der Waals surface area contributed by atoms with Crippen molar-refractivity contribution < 1.29 is 9.84 Å². The highest BCUT2D eigenvalue weighted by atomic mass is 35.5. The Balaban J connectivity index is 1.16. The lowest BCUT2D eigenvalue weighted by atomic mass is 9.93. The van der Waals surface area contributed by atoms with Crippen LogP contribution in [-0.4, -0.2) is 50.9 Å². The Labute approximate surface area is 196 Å². The number of aliphatic hydroxyl groups is 1. The molecule has 0 spiro atoms. The van der Waals surface area contributed by atoms with E-state index in [9.17, 15) is 5.11 Å². The zero-order valence-corrected chi connectivity index (χ0v) is 19.0. The quantitative estimate of drug-likeness (QED) is 0.395. The maximum absolute atomic E-state index is 10.7. The highest BCUT2D eigenvalue weighted by Gasteiger charge is 2.26. The molecule has 1 saturated heterocycles. The summed E-state index contributed by atoms with van der Waals surface area (Å²) in [5.74, 6) is 0.912. The summed E-state index contributed by atoms with van der Waals surface area (Å²) in [6.07, 6.45) is 5.50. The number of hydrogen-bond acceptors (Lipinski definition) is 5. The van der Waals surface area contributed by atoms with Crippen molar-refractivity contribution >= 4 is 45.1 Å². The first kappa shape index (κ1) is 21.5. The number of ether oxygens (including phenoxy) is 1. The van der Waals surface area contributed by atoms with Crippen molar-refractivity contribution in [3.63, 3.8) is 0 Å². The van der Waals surface area contributed by atoms with E-state index in [0.717, 1.165) is 53.6 Å². The number of aromatic amines is 1. The van der Waals surface area contributed by atoms with Gasteiger partial charge in [0.05, 0.1) is 33.9 Å². The lowest BCUT2D eigenvalue weighted by Crippen LogP contribution is -2.41. The minimum Gasteiger partial charge on any atom is -0.491 e. The standard InChI is InChI=1S/C24H24Cl2N4O2/c25-17-13-20-16(5-9-27-20)24(23(17)26)32-12-8-22(31)30-10-6-15(7-11-30)21-14-28-18-3-1-2-4-19(18)29-21/h1-5,9,13-15,22,27,31H,6-8,10-12H2/t22-/m0/s1. The number of para-hydroxylation sites is 2. The van der Waals surface area contributed by atoms with Crippen LogP contribution in [0, 0.1) is 0 Å². The summed E-state index contributed by atoms with van der Waals surface area (Å²) in [7, 11) is 0. The van der Waals surface area contributed by atoms with Crippen LogP contribution in [0.3, 0.4) is 0 Å². The van der Waals surface area contributed by atoms with Gasteiger partial charge in [0.2, 0.25) is 0 Å². The van der Waals surface area contributed by atoms with Gasteiger partial charge in [0.15, 0.2) is 0 Å². The molecular formula is C24H24Cl2N4O2. The molecule has 3 heterocycles.